The molecule has 0 aliphatic carbocycles. The highest BCUT2D eigenvalue weighted by atomic mass is 16.5. The summed E-state index contributed by atoms with van der Waals surface area (Å²) in [5.74, 6) is 1.71. The molecule has 1 aliphatic rings. The SMILES string of the molecule is CC(C)Oc1ccc(CCNCc2cccc(OC[C@@H](O)CN3CCOCC3)c2)cc1. The van der Waals surface area contributed by atoms with Gasteiger partial charge in [0, 0.05) is 26.2 Å². The van der Waals surface area contributed by atoms with Crippen LogP contribution in [0.15, 0.2) is 48.5 Å². The zero-order chi connectivity index (χ0) is 21.9. The highest BCUT2D eigenvalue weighted by Crippen LogP contribution is 2.15. The molecule has 1 atom stereocenters. The van der Waals surface area contributed by atoms with Gasteiger partial charge in [-0.25, -0.2) is 0 Å². The number of morpholine rings is 1. The normalized spacial score (nSPS) is 15.7. The maximum Gasteiger partial charge on any atom is 0.119 e. The number of ether oxygens (including phenoxy) is 3. The molecule has 0 spiro atoms. The van der Waals surface area contributed by atoms with Gasteiger partial charge in [0.05, 0.1) is 19.3 Å². The van der Waals surface area contributed by atoms with Gasteiger partial charge in [-0.05, 0) is 62.2 Å². The molecule has 1 aliphatic heterocycles. The Kier molecular flexibility index (Phi) is 9.62. The van der Waals surface area contributed by atoms with Crippen LogP contribution in [0.5, 0.6) is 11.5 Å². The van der Waals surface area contributed by atoms with Crippen LogP contribution in [0.25, 0.3) is 0 Å². The van der Waals surface area contributed by atoms with Crippen LogP contribution in [-0.4, -0.2) is 68.2 Å². The minimum Gasteiger partial charge on any atom is -0.491 e. The summed E-state index contributed by atoms with van der Waals surface area (Å²) in [4.78, 5) is 2.21. The molecule has 0 radical (unpaired) electrons. The van der Waals surface area contributed by atoms with Gasteiger partial charge < -0.3 is 24.6 Å². The molecule has 0 saturated carbocycles. The molecule has 1 saturated heterocycles. The molecule has 31 heavy (non-hydrogen) atoms. The zero-order valence-corrected chi connectivity index (χ0v) is 18.8. The highest BCUT2D eigenvalue weighted by molar-refractivity contribution is 5.29. The van der Waals surface area contributed by atoms with Crippen molar-refractivity contribution < 1.29 is 19.3 Å². The van der Waals surface area contributed by atoms with Crippen LogP contribution in [-0.2, 0) is 17.7 Å². The third-order valence-electron chi connectivity index (χ3n) is 5.13. The smallest absolute Gasteiger partial charge is 0.119 e. The molecule has 170 valence electrons. The average molecular weight is 429 g/mol. The van der Waals surface area contributed by atoms with Crippen molar-refractivity contribution >= 4 is 0 Å². The number of aliphatic hydroxyl groups excluding tert-OH is 1. The number of aliphatic hydroxyl groups is 1. The Balaban J connectivity index is 1.35. The Morgan fingerprint density at radius 2 is 1.81 bits per heavy atom. The third kappa shape index (κ3) is 8.87. The summed E-state index contributed by atoms with van der Waals surface area (Å²) in [5.41, 5.74) is 2.45. The lowest BCUT2D eigenvalue weighted by atomic mass is 10.1. The minimum atomic E-state index is -0.503. The molecule has 1 fully saturated rings. The first-order valence-electron chi connectivity index (χ1n) is 11.2. The van der Waals surface area contributed by atoms with Crippen LogP contribution >= 0.6 is 0 Å². The maximum atomic E-state index is 10.2. The second kappa shape index (κ2) is 12.7. The monoisotopic (exact) mass is 428 g/mol. The fourth-order valence-electron chi connectivity index (χ4n) is 3.54. The van der Waals surface area contributed by atoms with Crippen molar-refractivity contribution in [1.82, 2.24) is 10.2 Å². The number of hydrogen-bond donors (Lipinski definition) is 2. The standard InChI is InChI=1S/C25H36N2O4/c1-20(2)31-24-8-6-21(7-9-24)10-11-26-17-22-4-3-5-25(16-22)30-19-23(28)18-27-12-14-29-15-13-27/h3-9,16,20,23,26,28H,10-15,17-19H2,1-2H3/t23-/m0/s1. The Morgan fingerprint density at radius 1 is 1.03 bits per heavy atom. The fraction of sp³-hybridized carbons (Fsp3) is 0.520. The summed E-state index contributed by atoms with van der Waals surface area (Å²) in [6, 6.07) is 16.4. The van der Waals surface area contributed by atoms with Gasteiger partial charge in [0.2, 0.25) is 0 Å². The van der Waals surface area contributed by atoms with Crippen molar-refractivity contribution in [3.63, 3.8) is 0 Å². The molecule has 3 rings (SSSR count). The zero-order valence-electron chi connectivity index (χ0n) is 18.8. The Labute approximate surface area is 186 Å². The van der Waals surface area contributed by atoms with E-state index in [4.69, 9.17) is 14.2 Å². The summed E-state index contributed by atoms with van der Waals surface area (Å²) in [6.45, 7) is 9.87. The summed E-state index contributed by atoms with van der Waals surface area (Å²) in [7, 11) is 0. The lowest BCUT2D eigenvalue weighted by Gasteiger charge is -2.28. The van der Waals surface area contributed by atoms with Gasteiger partial charge in [-0.1, -0.05) is 24.3 Å². The molecule has 6 nitrogen and oxygen atoms in total. The minimum absolute atomic E-state index is 0.195. The van der Waals surface area contributed by atoms with E-state index < -0.39 is 6.10 Å². The van der Waals surface area contributed by atoms with E-state index in [-0.39, 0.29) is 6.10 Å². The van der Waals surface area contributed by atoms with Crippen molar-refractivity contribution in [3.8, 4) is 11.5 Å². The van der Waals surface area contributed by atoms with E-state index in [1.165, 1.54) is 11.1 Å². The second-order valence-electron chi connectivity index (χ2n) is 8.26. The van der Waals surface area contributed by atoms with Crippen LogP contribution in [0.3, 0.4) is 0 Å². The molecule has 2 aromatic carbocycles. The van der Waals surface area contributed by atoms with E-state index in [2.05, 4.69) is 28.4 Å². The predicted octanol–water partition coefficient (Wildman–Crippen LogP) is 2.88. The molecule has 0 aromatic heterocycles. The molecule has 2 aromatic rings. The summed E-state index contributed by atoms with van der Waals surface area (Å²) in [5, 5.41) is 13.7. The third-order valence-corrected chi connectivity index (χ3v) is 5.13. The summed E-state index contributed by atoms with van der Waals surface area (Å²) < 4.78 is 16.8. The van der Waals surface area contributed by atoms with E-state index in [0.29, 0.717) is 13.2 Å². The topological polar surface area (TPSA) is 63.2 Å². The van der Waals surface area contributed by atoms with Crippen molar-refractivity contribution in [3.05, 3.63) is 59.7 Å². The number of nitrogens with zero attached hydrogens (tertiary/aromatic N) is 1. The Bertz CT molecular complexity index is 760. The Hall–Kier alpha value is -2.12. The van der Waals surface area contributed by atoms with Crippen molar-refractivity contribution in [1.29, 1.82) is 0 Å². The average Bonchev–Trinajstić information content (AvgIpc) is 2.77. The second-order valence-corrected chi connectivity index (χ2v) is 8.26. The van der Waals surface area contributed by atoms with Crippen LogP contribution in [0, 0.1) is 0 Å². The van der Waals surface area contributed by atoms with Crippen LogP contribution < -0.4 is 14.8 Å². The number of benzene rings is 2. The van der Waals surface area contributed by atoms with Crippen LogP contribution in [0.4, 0.5) is 0 Å². The number of rotatable bonds is 12. The van der Waals surface area contributed by atoms with Gasteiger partial charge in [-0.3, -0.25) is 4.90 Å². The Morgan fingerprint density at radius 3 is 2.55 bits per heavy atom. The van der Waals surface area contributed by atoms with Crippen LogP contribution in [0.1, 0.15) is 25.0 Å². The first-order valence-corrected chi connectivity index (χ1v) is 11.2. The molecule has 2 N–H and O–H groups in total. The van der Waals surface area contributed by atoms with Crippen LogP contribution in [0.2, 0.25) is 0 Å². The number of hydrogen-bond acceptors (Lipinski definition) is 6. The molecule has 0 unspecified atom stereocenters. The van der Waals surface area contributed by atoms with E-state index in [1.54, 1.807) is 0 Å². The van der Waals surface area contributed by atoms with Gasteiger partial charge in [0.1, 0.15) is 24.2 Å². The quantitative estimate of drug-likeness (QED) is 0.507. The van der Waals surface area contributed by atoms with E-state index in [0.717, 1.165) is 57.3 Å². The first kappa shape index (κ1) is 23.5. The molecule has 6 heteroatoms. The summed E-state index contributed by atoms with van der Waals surface area (Å²) >= 11 is 0. The van der Waals surface area contributed by atoms with E-state index in [9.17, 15) is 5.11 Å². The number of β-amino-alcohol motifs (C(OH)–C–C–N with tert-alkyl or cyclic N) is 1. The van der Waals surface area contributed by atoms with Gasteiger partial charge in [-0.15, -0.1) is 0 Å². The van der Waals surface area contributed by atoms with Crippen molar-refractivity contribution in [2.24, 2.45) is 0 Å². The fourth-order valence-corrected chi connectivity index (χ4v) is 3.54. The van der Waals surface area contributed by atoms with Gasteiger partial charge in [0.15, 0.2) is 0 Å². The lowest BCUT2D eigenvalue weighted by Crippen LogP contribution is -2.42. The molecular formula is C25H36N2O4. The lowest BCUT2D eigenvalue weighted by molar-refractivity contribution is 0.00465. The molecule has 0 bridgehead atoms. The van der Waals surface area contributed by atoms with Gasteiger partial charge >= 0.3 is 0 Å². The first-order chi connectivity index (χ1) is 15.1. The molecular weight excluding hydrogens is 392 g/mol. The highest BCUT2D eigenvalue weighted by Gasteiger charge is 2.15. The van der Waals surface area contributed by atoms with E-state index >= 15 is 0 Å². The van der Waals surface area contributed by atoms with E-state index in [1.807, 2.05) is 44.2 Å². The van der Waals surface area contributed by atoms with Gasteiger partial charge in [-0.2, -0.15) is 0 Å². The molecule has 1 heterocycles. The maximum absolute atomic E-state index is 10.2. The predicted molar refractivity (Wildman–Crippen MR) is 123 cm³/mol. The largest absolute Gasteiger partial charge is 0.491 e. The number of nitrogens with one attached hydrogen (secondary N) is 1. The molecule has 0 amide bonds. The van der Waals surface area contributed by atoms with Crippen molar-refractivity contribution in [2.45, 2.75) is 39.0 Å². The van der Waals surface area contributed by atoms with Crippen molar-refractivity contribution in [2.75, 3.05) is 46.0 Å². The van der Waals surface area contributed by atoms with Gasteiger partial charge in [0.25, 0.3) is 0 Å². The summed E-state index contributed by atoms with van der Waals surface area (Å²) in [6.07, 6.45) is 0.656.